The molecule has 7 heteroatoms. The smallest absolute Gasteiger partial charge is 0.322 e. The minimum atomic E-state index is -3.89. The van der Waals surface area contributed by atoms with Gasteiger partial charge >= 0.3 is 5.97 Å². The largest absolute Gasteiger partial charge is 0.495 e. The van der Waals surface area contributed by atoms with Crippen LogP contribution in [0, 0.1) is 5.92 Å². The second-order valence-electron chi connectivity index (χ2n) is 5.25. The predicted molar refractivity (Wildman–Crippen MR) is 76.7 cm³/mol. The Balaban J connectivity index is 2.44. The summed E-state index contributed by atoms with van der Waals surface area (Å²) >= 11 is 0. The molecule has 1 aliphatic heterocycles. The quantitative estimate of drug-likeness (QED) is 0.912. The molecule has 1 aromatic carbocycles. The van der Waals surface area contributed by atoms with Gasteiger partial charge in [-0.05, 0) is 30.9 Å². The van der Waals surface area contributed by atoms with E-state index in [2.05, 4.69) is 0 Å². The number of piperidine rings is 1. The number of benzene rings is 1. The van der Waals surface area contributed by atoms with Crippen molar-refractivity contribution < 1.29 is 23.1 Å². The van der Waals surface area contributed by atoms with E-state index in [-0.39, 0.29) is 23.1 Å². The monoisotopic (exact) mass is 313 g/mol. The van der Waals surface area contributed by atoms with Gasteiger partial charge in [0.2, 0.25) is 10.0 Å². The molecule has 0 spiro atoms. The van der Waals surface area contributed by atoms with Crippen molar-refractivity contribution in [1.29, 1.82) is 0 Å². The van der Waals surface area contributed by atoms with Crippen LogP contribution in [0.1, 0.15) is 19.8 Å². The zero-order valence-electron chi connectivity index (χ0n) is 12.0. The first-order chi connectivity index (χ1) is 9.87. The molecule has 2 atom stereocenters. The van der Waals surface area contributed by atoms with Crippen LogP contribution >= 0.6 is 0 Å². The van der Waals surface area contributed by atoms with Gasteiger partial charge in [0.1, 0.15) is 16.7 Å². The summed E-state index contributed by atoms with van der Waals surface area (Å²) in [4.78, 5) is 11.4. The van der Waals surface area contributed by atoms with Crippen molar-refractivity contribution >= 4 is 16.0 Å². The Kier molecular flexibility index (Phi) is 4.53. The van der Waals surface area contributed by atoms with Crippen molar-refractivity contribution in [2.45, 2.75) is 30.7 Å². The molecular formula is C14H19NO5S. The number of nitrogens with zero attached hydrogens (tertiary/aromatic N) is 1. The summed E-state index contributed by atoms with van der Waals surface area (Å²) < 4.78 is 31.7. The Labute approximate surface area is 124 Å². The average molecular weight is 313 g/mol. The van der Waals surface area contributed by atoms with E-state index in [1.807, 2.05) is 6.92 Å². The zero-order valence-corrected chi connectivity index (χ0v) is 12.8. The van der Waals surface area contributed by atoms with E-state index in [0.717, 1.165) is 4.31 Å². The molecule has 21 heavy (non-hydrogen) atoms. The molecular weight excluding hydrogens is 294 g/mol. The van der Waals surface area contributed by atoms with E-state index in [9.17, 15) is 18.3 Å². The predicted octanol–water partition coefficient (Wildman–Crippen LogP) is 1.57. The lowest BCUT2D eigenvalue weighted by atomic mass is 9.94. The van der Waals surface area contributed by atoms with Crippen molar-refractivity contribution in [2.24, 2.45) is 5.92 Å². The maximum absolute atomic E-state index is 12.8. The number of aliphatic carboxylic acids is 1. The molecule has 0 bridgehead atoms. The minimum Gasteiger partial charge on any atom is -0.495 e. The van der Waals surface area contributed by atoms with Gasteiger partial charge in [-0.2, -0.15) is 4.31 Å². The number of rotatable bonds is 4. The maximum Gasteiger partial charge on any atom is 0.322 e. The van der Waals surface area contributed by atoms with Gasteiger partial charge in [0.25, 0.3) is 0 Å². The number of carbonyl (C=O) groups is 1. The Morgan fingerprint density at radius 3 is 2.67 bits per heavy atom. The molecule has 0 saturated carbocycles. The normalized spacial score (nSPS) is 23.7. The van der Waals surface area contributed by atoms with Gasteiger partial charge in [0.05, 0.1) is 7.11 Å². The van der Waals surface area contributed by atoms with E-state index in [4.69, 9.17) is 4.74 Å². The highest BCUT2D eigenvalue weighted by molar-refractivity contribution is 7.89. The van der Waals surface area contributed by atoms with Crippen molar-refractivity contribution in [3.05, 3.63) is 24.3 Å². The molecule has 2 unspecified atom stereocenters. The Bertz CT molecular complexity index is 628. The van der Waals surface area contributed by atoms with Crippen molar-refractivity contribution in [3.63, 3.8) is 0 Å². The van der Waals surface area contributed by atoms with E-state index in [0.29, 0.717) is 12.8 Å². The first kappa shape index (κ1) is 15.8. The number of methoxy groups -OCH3 is 1. The fourth-order valence-electron chi connectivity index (χ4n) is 2.59. The van der Waals surface area contributed by atoms with Gasteiger partial charge < -0.3 is 9.84 Å². The number of ether oxygens (including phenoxy) is 1. The minimum absolute atomic E-state index is 0.00769. The van der Waals surface area contributed by atoms with Crippen molar-refractivity contribution in [1.82, 2.24) is 4.31 Å². The number of carboxylic acid groups (broad SMARTS) is 1. The molecule has 0 amide bonds. The molecule has 0 radical (unpaired) electrons. The third kappa shape index (κ3) is 3.03. The molecule has 1 aliphatic rings. The molecule has 1 saturated heterocycles. The van der Waals surface area contributed by atoms with Crippen LogP contribution in [0.25, 0.3) is 0 Å². The molecule has 6 nitrogen and oxygen atoms in total. The topological polar surface area (TPSA) is 83.9 Å². The summed E-state index contributed by atoms with van der Waals surface area (Å²) in [7, 11) is -2.50. The third-order valence-corrected chi connectivity index (χ3v) is 5.70. The first-order valence-corrected chi connectivity index (χ1v) is 8.19. The van der Waals surface area contributed by atoms with Crippen LogP contribution < -0.4 is 4.74 Å². The number of sulfonamides is 1. The molecule has 1 N–H and O–H groups in total. The van der Waals surface area contributed by atoms with Crippen molar-refractivity contribution in [3.8, 4) is 5.75 Å². The number of para-hydroxylation sites is 1. The van der Waals surface area contributed by atoms with Crippen LogP contribution in [0.15, 0.2) is 29.2 Å². The molecule has 1 heterocycles. The third-order valence-electron chi connectivity index (χ3n) is 3.76. The fraction of sp³-hybridized carbons (Fsp3) is 0.500. The number of carboxylic acids is 1. The van der Waals surface area contributed by atoms with Gasteiger partial charge in [-0.25, -0.2) is 8.42 Å². The van der Waals surface area contributed by atoms with Gasteiger partial charge in [-0.15, -0.1) is 0 Å². The second kappa shape index (κ2) is 6.03. The van der Waals surface area contributed by atoms with Crippen LogP contribution in [0.5, 0.6) is 5.75 Å². The molecule has 1 aromatic rings. The maximum atomic E-state index is 12.8. The number of hydrogen-bond acceptors (Lipinski definition) is 4. The molecule has 0 aliphatic carbocycles. The Morgan fingerprint density at radius 1 is 1.38 bits per heavy atom. The zero-order chi connectivity index (χ0) is 15.6. The van der Waals surface area contributed by atoms with E-state index in [1.165, 1.54) is 13.2 Å². The standard InChI is InChI=1S/C14H19NO5S/c1-10-7-8-15(11(9-10)14(16)17)21(18,19)13-6-4-3-5-12(13)20-2/h3-6,10-11H,7-9H2,1-2H3,(H,16,17). The lowest BCUT2D eigenvalue weighted by Crippen LogP contribution is -2.49. The van der Waals surface area contributed by atoms with Crippen LogP contribution in [0.4, 0.5) is 0 Å². The highest BCUT2D eigenvalue weighted by Crippen LogP contribution is 2.32. The lowest BCUT2D eigenvalue weighted by Gasteiger charge is -2.35. The average Bonchev–Trinajstić information content (AvgIpc) is 2.46. The fourth-order valence-corrected chi connectivity index (χ4v) is 4.36. The van der Waals surface area contributed by atoms with Crippen LogP contribution in [-0.2, 0) is 14.8 Å². The number of hydrogen-bond donors (Lipinski definition) is 1. The summed E-state index contributed by atoms with van der Waals surface area (Å²) in [6.45, 7) is 2.14. The molecule has 116 valence electrons. The van der Waals surface area contributed by atoms with E-state index in [1.54, 1.807) is 18.2 Å². The molecule has 0 aromatic heterocycles. The summed E-state index contributed by atoms with van der Waals surface area (Å²) in [6.07, 6.45) is 0.974. The van der Waals surface area contributed by atoms with Crippen LogP contribution in [0.2, 0.25) is 0 Å². The summed E-state index contributed by atoms with van der Waals surface area (Å²) in [6, 6.07) is 5.23. The van der Waals surface area contributed by atoms with Crippen molar-refractivity contribution in [2.75, 3.05) is 13.7 Å². The Morgan fingerprint density at radius 2 is 2.05 bits per heavy atom. The first-order valence-electron chi connectivity index (χ1n) is 6.75. The van der Waals surface area contributed by atoms with Gasteiger partial charge in [-0.3, -0.25) is 4.79 Å². The highest BCUT2D eigenvalue weighted by atomic mass is 32.2. The summed E-state index contributed by atoms with van der Waals surface area (Å²) in [5, 5.41) is 9.33. The van der Waals surface area contributed by atoms with Crippen LogP contribution in [0.3, 0.4) is 0 Å². The SMILES string of the molecule is COc1ccccc1S(=O)(=O)N1CCC(C)CC1C(=O)O. The summed E-state index contributed by atoms with van der Waals surface area (Å²) in [5.41, 5.74) is 0. The van der Waals surface area contributed by atoms with E-state index < -0.39 is 22.0 Å². The van der Waals surface area contributed by atoms with Gasteiger partial charge in [0.15, 0.2) is 0 Å². The Hall–Kier alpha value is -1.60. The molecule has 1 fully saturated rings. The second-order valence-corrected chi connectivity index (χ2v) is 7.11. The summed E-state index contributed by atoms with van der Waals surface area (Å²) in [5.74, 6) is -0.699. The lowest BCUT2D eigenvalue weighted by molar-refractivity contribution is -0.143. The van der Waals surface area contributed by atoms with Gasteiger partial charge in [0, 0.05) is 6.54 Å². The van der Waals surface area contributed by atoms with Crippen LogP contribution in [-0.4, -0.2) is 43.5 Å². The molecule has 2 rings (SSSR count). The van der Waals surface area contributed by atoms with E-state index >= 15 is 0 Å². The highest BCUT2D eigenvalue weighted by Gasteiger charge is 2.40. The van der Waals surface area contributed by atoms with Gasteiger partial charge in [-0.1, -0.05) is 19.1 Å².